The number of hydrogen-bond donors (Lipinski definition) is 2. The molecule has 2 aromatic rings. The van der Waals surface area contributed by atoms with Crippen molar-refractivity contribution in [1.82, 2.24) is 5.43 Å². The van der Waals surface area contributed by atoms with Gasteiger partial charge < -0.3 is 14.6 Å². The maximum absolute atomic E-state index is 12.1. The standard InChI is InChI=1S/C17H17BrN2O4/c1-3-24-15-9-11(8-13(18)16(15)21)10-19-20-17(22)12-6-4-5-7-14(12)23-2/h4-10,21H,3H2,1-2H3,(H,20,22)/b19-10-. The molecule has 0 saturated heterocycles. The van der Waals surface area contributed by atoms with E-state index in [0.29, 0.717) is 33.7 Å². The third-order valence-electron chi connectivity index (χ3n) is 3.08. The number of aromatic hydroxyl groups is 1. The number of halogens is 1. The van der Waals surface area contributed by atoms with Crippen molar-refractivity contribution in [3.8, 4) is 17.2 Å². The van der Waals surface area contributed by atoms with Crippen LogP contribution in [0.2, 0.25) is 0 Å². The maximum Gasteiger partial charge on any atom is 0.275 e. The van der Waals surface area contributed by atoms with Crippen molar-refractivity contribution in [2.75, 3.05) is 13.7 Å². The zero-order valence-electron chi connectivity index (χ0n) is 13.2. The molecule has 0 radical (unpaired) electrons. The Labute approximate surface area is 148 Å². The number of phenols is 1. The van der Waals surface area contributed by atoms with E-state index in [1.807, 2.05) is 6.92 Å². The van der Waals surface area contributed by atoms with Crippen molar-refractivity contribution >= 4 is 28.1 Å². The molecule has 0 aromatic heterocycles. The molecule has 0 heterocycles. The number of hydrogen-bond acceptors (Lipinski definition) is 5. The van der Waals surface area contributed by atoms with E-state index in [4.69, 9.17) is 9.47 Å². The first-order chi connectivity index (χ1) is 11.6. The van der Waals surface area contributed by atoms with Crippen LogP contribution in [0.25, 0.3) is 0 Å². The fourth-order valence-electron chi connectivity index (χ4n) is 1.99. The molecule has 0 spiro atoms. The number of amides is 1. The Kier molecular flexibility index (Phi) is 6.20. The molecule has 24 heavy (non-hydrogen) atoms. The normalized spacial score (nSPS) is 10.6. The van der Waals surface area contributed by atoms with Gasteiger partial charge in [0.15, 0.2) is 11.5 Å². The summed E-state index contributed by atoms with van der Waals surface area (Å²) < 4.78 is 11.0. The molecule has 0 aliphatic carbocycles. The number of benzene rings is 2. The number of carbonyl (C=O) groups is 1. The monoisotopic (exact) mass is 392 g/mol. The van der Waals surface area contributed by atoms with Gasteiger partial charge >= 0.3 is 0 Å². The summed E-state index contributed by atoms with van der Waals surface area (Å²) in [5, 5.41) is 13.8. The molecule has 1 amide bonds. The molecular formula is C17H17BrN2O4. The molecule has 0 saturated carbocycles. The highest BCUT2D eigenvalue weighted by Gasteiger charge is 2.11. The van der Waals surface area contributed by atoms with E-state index in [1.54, 1.807) is 36.4 Å². The lowest BCUT2D eigenvalue weighted by molar-refractivity contribution is 0.0952. The zero-order valence-corrected chi connectivity index (χ0v) is 14.8. The molecule has 2 N–H and O–H groups in total. The summed E-state index contributed by atoms with van der Waals surface area (Å²) in [4.78, 5) is 12.1. The van der Waals surface area contributed by atoms with E-state index in [2.05, 4.69) is 26.5 Å². The van der Waals surface area contributed by atoms with Gasteiger partial charge in [0.25, 0.3) is 5.91 Å². The molecule has 0 aliphatic rings. The number of methoxy groups -OCH3 is 1. The Balaban J connectivity index is 2.13. The first-order valence-electron chi connectivity index (χ1n) is 7.18. The Hall–Kier alpha value is -2.54. The van der Waals surface area contributed by atoms with Gasteiger partial charge in [-0.3, -0.25) is 4.79 Å². The van der Waals surface area contributed by atoms with E-state index in [9.17, 15) is 9.90 Å². The fourth-order valence-corrected chi connectivity index (χ4v) is 2.45. The number of hydrazone groups is 1. The Morgan fingerprint density at radius 1 is 1.33 bits per heavy atom. The molecule has 7 heteroatoms. The van der Waals surface area contributed by atoms with Crippen molar-refractivity contribution in [3.63, 3.8) is 0 Å². The molecule has 6 nitrogen and oxygen atoms in total. The SMILES string of the molecule is CCOc1cc(/C=N\NC(=O)c2ccccc2OC)cc(Br)c1O. The molecule has 0 atom stereocenters. The van der Waals surface area contributed by atoms with Crippen LogP contribution >= 0.6 is 15.9 Å². The third kappa shape index (κ3) is 4.26. The number of phenolic OH excluding ortho intramolecular Hbond substituents is 1. The van der Waals surface area contributed by atoms with Crippen molar-refractivity contribution in [2.45, 2.75) is 6.92 Å². The summed E-state index contributed by atoms with van der Waals surface area (Å²) in [7, 11) is 1.50. The van der Waals surface area contributed by atoms with Gasteiger partial charge in [-0.05, 0) is 52.7 Å². The second-order valence-corrected chi connectivity index (χ2v) is 5.54. The highest BCUT2D eigenvalue weighted by Crippen LogP contribution is 2.35. The van der Waals surface area contributed by atoms with Crippen molar-refractivity contribution in [2.24, 2.45) is 5.10 Å². The molecule has 2 aromatic carbocycles. The van der Waals surface area contributed by atoms with Crippen molar-refractivity contribution < 1.29 is 19.4 Å². The molecule has 0 aliphatic heterocycles. The Morgan fingerprint density at radius 3 is 2.79 bits per heavy atom. The molecule has 0 bridgehead atoms. The second-order valence-electron chi connectivity index (χ2n) is 4.68. The van der Waals surface area contributed by atoms with E-state index < -0.39 is 0 Å². The summed E-state index contributed by atoms with van der Waals surface area (Å²) in [6.07, 6.45) is 1.46. The number of rotatable bonds is 6. The van der Waals surface area contributed by atoms with E-state index >= 15 is 0 Å². The van der Waals surface area contributed by atoms with Gasteiger partial charge in [-0.25, -0.2) is 5.43 Å². The summed E-state index contributed by atoms with van der Waals surface area (Å²) in [6, 6.07) is 10.2. The fraction of sp³-hybridized carbons (Fsp3) is 0.176. The minimum Gasteiger partial charge on any atom is -0.503 e. The lowest BCUT2D eigenvalue weighted by Gasteiger charge is -2.08. The number of ether oxygens (including phenoxy) is 2. The predicted octanol–water partition coefficient (Wildman–Crippen LogP) is 3.33. The van der Waals surface area contributed by atoms with Crippen LogP contribution in [0.15, 0.2) is 46.0 Å². The summed E-state index contributed by atoms with van der Waals surface area (Å²) in [6.45, 7) is 2.24. The molecule has 0 unspecified atom stereocenters. The van der Waals surface area contributed by atoms with Crippen molar-refractivity contribution in [3.05, 3.63) is 52.0 Å². The largest absolute Gasteiger partial charge is 0.503 e. The minimum absolute atomic E-state index is 0.0204. The van der Waals surface area contributed by atoms with Crippen LogP contribution in [0.3, 0.4) is 0 Å². The van der Waals surface area contributed by atoms with Gasteiger partial charge in [0.1, 0.15) is 5.75 Å². The van der Waals surface area contributed by atoms with E-state index in [0.717, 1.165) is 0 Å². The number of para-hydroxylation sites is 1. The van der Waals surface area contributed by atoms with E-state index in [-0.39, 0.29) is 11.7 Å². The second kappa shape index (κ2) is 8.35. The van der Waals surface area contributed by atoms with Gasteiger partial charge in [-0.15, -0.1) is 0 Å². The molecule has 2 rings (SSSR count). The highest BCUT2D eigenvalue weighted by molar-refractivity contribution is 9.10. The van der Waals surface area contributed by atoms with Crippen molar-refractivity contribution in [1.29, 1.82) is 0 Å². The topological polar surface area (TPSA) is 80.2 Å². The highest BCUT2D eigenvalue weighted by atomic mass is 79.9. The first-order valence-corrected chi connectivity index (χ1v) is 7.97. The average Bonchev–Trinajstić information content (AvgIpc) is 2.59. The Morgan fingerprint density at radius 2 is 2.08 bits per heavy atom. The number of nitrogens with one attached hydrogen (secondary N) is 1. The predicted molar refractivity (Wildman–Crippen MR) is 95.0 cm³/mol. The quantitative estimate of drug-likeness (QED) is 0.583. The summed E-state index contributed by atoms with van der Waals surface area (Å²) >= 11 is 3.25. The first kappa shape index (κ1) is 17.8. The van der Waals surface area contributed by atoms with Crippen LogP contribution in [0.1, 0.15) is 22.8 Å². The van der Waals surface area contributed by atoms with Crippen LogP contribution in [0, 0.1) is 0 Å². The number of nitrogens with zero attached hydrogens (tertiary/aromatic N) is 1. The maximum atomic E-state index is 12.1. The van der Waals surface area contributed by atoms with Crippen LogP contribution in [-0.4, -0.2) is 30.9 Å². The number of carbonyl (C=O) groups excluding carboxylic acids is 1. The zero-order chi connectivity index (χ0) is 17.5. The van der Waals surface area contributed by atoms with Crippen LogP contribution in [0.5, 0.6) is 17.2 Å². The minimum atomic E-state index is -0.383. The molecular weight excluding hydrogens is 376 g/mol. The van der Waals surface area contributed by atoms with Crippen LogP contribution in [0.4, 0.5) is 0 Å². The van der Waals surface area contributed by atoms with Gasteiger partial charge in [-0.2, -0.15) is 5.10 Å². The van der Waals surface area contributed by atoms with Crippen LogP contribution in [-0.2, 0) is 0 Å². The van der Waals surface area contributed by atoms with Gasteiger partial charge in [0, 0.05) is 0 Å². The van der Waals surface area contributed by atoms with E-state index in [1.165, 1.54) is 13.3 Å². The molecule has 126 valence electrons. The van der Waals surface area contributed by atoms with Gasteiger partial charge in [0.05, 0.1) is 30.0 Å². The Bertz CT molecular complexity index is 762. The lowest BCUT2D eigenvalue weighted by Crippen LogP contribution is -2.18. The summed E-state index contributed by atoms with van der Waals surface area (Å²) in [5.41, 5.74) is 3.48. The van der Waals surface area contributed by atoms with Gasteiger partial charge in [-0.1, -0.05) is 12.1 Å². The third-order valence-corrected chi connectivity index (χ3v) is 3.69. The average molecular weight is 393 g/mol. The smallest absolute Gasteiger partial charge is 0.275 e. The van der Waals surface area contributed by atoms with Gasteiger partial charge in [0.2, 0.25) is 0 Å². The van der Waals surface area contributed by atoms with Crippen LogP contribution < -0.4 is 14.9 Å². The molecule has 0 fully saturated rings. The lowest BCUT2D eigenvalue weighted by atomic mass is 10.2. The summed E-state index contributed by atoms with van der Waals surface area (Å²) in [5.74, 6) is 0.444.